The topological polar surface area (TPSA) is 52.6 Å². The van der Waals surface area contributed by atoms with Crippen LogP contribution >= 0.6 is 0 Å². The molecule has 0 N–H and O–H groups in total. The van der Waals surface area contributed by atoms with Gasteiger partial charge in [0.05, 0.1) is 11.1 Å². The van der Waals surface area contributed by atoms with Gasteiger partial charge in [0.15, 0.2) is 0 Å². The van der Waals surface area contributed by atoms with Gasteiger partial charge in [0.1, 0.15) is 11.4 Å². The van der Waals surface area contributed by atoms with Crippen molar-refractivity contribution in [2.75, 3.05) is 0 Å². The van der Waals surface area contributed by atoms with Gasteiger partial charge in [0, 0.05) is 5.41 Å². The van der Waals surface area contributed by atoms with Crippen LogP contribution in [-0.2, 0) is 15.6 Å². The van der Waals surface area contributed by atoms with E-state index in [0.29, 0.717) is 16.9 Å². The fraction of sp³-hybridized carbons (Fsp3) is 0.458. The molecule has 5 rings (SSSR count). The maximum absolute atomic E-state index is 13.5. The Kier molecular flexibility index (Phi) is 11.9. The van der Waals surface area contributed by atoms with E-state index in [0.717, 1.165) is 60.8 Å². The lowest BCUT2D eigenvalue weighted by atomic mass is 9.63. The SMILES string of the molecule is CCC(C)(CC)OC(=O)c1ccc(-c2ccc(C(=O)Oc3c(C)cc(C4(c5cc(C)c(C(C)(CC)CC)c(C)c5)CCCCC4)cc3C)cc2)cc1. The van der Waals surface area contributed by atoms with Gasteiger partial charge < -0.3 is 9.47 Å². The summed E-state index contributed by atoms with van der Waals surface area (Å²) in [6.07, 6.45) is 9.72. The Morgan fingerprint density at radius 1 is 0.596 bits per heavy atom. The molecule has 4 heteroatoms. The van der Waals surface area contributed by atoms with Gasteiger partial charge in [-0.3, -0.25) is 0 Å². The maximum atomic E-state index is 13.5. The molecule has 1 aliphatic rings. The van der Waals surface area contributed by atoms with Crippen molar-refractivity contribution in [1.29, 1.82) is 0 Å². The third-order valence-electron chi connectivity index (χ3n) is 12.6. The van der Waals surface area contributed by atoms with Crippen molar-refractivity contribution >= 4 is 11.9 Å². The summed E-state index contributed by atoms with van der Waals surface area (Å²) in [5.41, 5.74) is 11.6. The number of ether oxygens (including phenoxy) is 2. The average Bonchev–Trinajstić information content (AvgIpc) is 3.15. The van der Waals surface area contributed by atoms with E-state index in [1.807, 2.05) is 45.0 Å². The van der Waals surface area contributed by atoms with E-state index >= 15 is 0 Å². The van der Waals surface area contributed by atoms with Crippen LogP contribution < -0.4 is 4.74 Å². The number of carbonyl (C=O) groups is 2. The van der Waals surface area contributed by atoms with Crippen molar-refractivity contribution in [3.8, 4) is 16.9 Å². The van der Waals surface area contributed by atoms with Crippen molar-refractivity contribution in [3.05, 3.63) is 123 Å². The lowest BCUT2D eigenvalue weighted by Crippen LogP contribution is -2.32. The molecule has 1 aliphatic carbocycles. The molecule has 0 amide bonds. The molecule has 0 aromatic heterocycles. The highest BCUT2D eigenvalue weighted by Gasteiger charge is 2.38. The van der Waals surface area contributed by atoms with Gasteiger partial charge in [-0.25, -0.2) is 9.59 Å². The lowest BCUT2D eigenvalue weighted by molar-refractivity contribution is -0.0131. The molecule has 4 aromatic rings. The number of rotatable bonds is 12. The Morgan fingerprint density at radius 2 is 1.02 bits per heavy atom. The summed E-state index contributed by atoms with van der Waals surface area (Å²) in [4.78, 5) is 26.2. The monoisotopic (exact) mass is 700 g/mol. The van der Waals surface area contributed by atoms with Crippen LogP contribution in [0.2, 0.25) is 0 Å². The van der Waals surface area contributed by atoms with Gasteiger partial charge in [-0.15, -0.1) is 0 Å². The number of hydrogen-bond acceptors (Lipinski definition) is 4. The first-order chi connectivity index (χ1) is 24.7. The molecule has 0 spiro atoms. The summed E-state index contributed by atoms with van der Waals surface area (Å²) in [5.74, 6) is -0.0466. The molecule has 0 unspecified atom stereocenters. The molecule has 0 aliphatic heterocycles. The van der Waals surface area contributed by atoms with Crippen LogP contribution in [0.25, 0.3) is 11.1 Å². The normalized spacial score (nSPS) is 14.6. The Hall–Kier alpha value is -4.18. The van der Waals surface area contributed by atoms with Crippen LogP contribution in [-0.4, -0.2) is 17.5 Å². The van der Waals surface area contributed by atoms with E-state index in [1.54, 1.807) is 24.3 Å². The molecule has 276 valence electrons. The van der Waals surface area contributed by atoms with Crippen molar-refractivity contribution in [1.82, 2.24) is 0 Å². The smallest absolute Gasteiger partial charge is 0.343 e. The van der Waals surface area contributed by atoms with Crippen LogP contribution in [0.15, 0.2) is 72.8 Å². The first kappa shape index (κ1) is 39.0. The molecule has 0 bridgehead atoms. The summed E-state index contributed by atoms with van der Waals surface area (Å²) in [7, 11) is 0. The minimum absolute atomic E-state index is 0.0564. The zero-order valence-electron chi connectivity index (χ0n) is 33.4. The Bertz CT molecular complexity index is 1840. The molecule has 0 atom stereocenters. The summed E-state index contributed by atoms with van der Waals surface area (Å²) in [6.45, 7) is 21.8. The number of carbonyl (C=O) groups excluding carboxylic acids is 2. The van der Waals surface area contributed by atoms with Gasteiger partial charge in [-0.2, -0.15) is 0 Å². The van der Waals surface area contributed by atoms with E-state index in [4.69, 9.17) is 9.47 Å². The first-order valence-corrected chi connectivity index (χ1v) is 19.6. The quantitative estimate of drug-likeness (QED) is 0.109. The van der Waals surface area contributed by atoms with Crippen LogP contribution in [0.4, 0.5) is 0 Å². The van der Waals surface area contributed by atoms with Crippen molar-refractivity contribution in [3.63, 3.8) is 0 Å². The predicted molar refractivity (Wildman–Crippen MR) is 215 cm³/mol. The van der Waals surface area contributed by atoms with Gasteiger partial charge >= 0.3 is 11.9 Å². The predicted octanol–water partition coefficient (Wildman–Crippen LogP) is 12.9. The summed E-state index contributed by atoms with van der Waals surface area (Å²) >= 11 is 0. The fourth-order valence-electron chi connectivity index (χ4n) is 8.51. The summed E-state index contributed by atoms with van der Waals surface area (Å²) in [6, 6.07) is 24.4. The highest BCUT2D eigenvalue weighted by molar-refractivity contribution is 5.92. The van der Waals surface area contributed by atoms with Gasteiger partial charge in [0.2, 0.25) is 0 Å². The molecule has 1 saturated carbocycles. The van der Waals surface area contributed by atoms with Gasteiger partial charge in [-0.1, -0.05) is 102 Å². The zero-order chi connectivity index (χ0) is 37.8. The van der Waals surface area contributed by atoms with Crippen molar-refractivity contribution in [2.45, 2.75) is 143 Å². The molecule has 0 saturated heterocycles. The highest BCUT2D eigenvalue weighted by atomic mass is 16.6. The standard InChI is InChI=1S/C48H60O4/c1-11-46(9,12-2)42-32(5)28-40(29-33(42)6)48(26-16-15-17-27-48)41-30-34(7)43(35(8)31-41)51-44(49)38-22-18-36(19-23-38)37-20-24-39(25-21-37)45(50)52-47(10,13-3)14-4/h18-25,28-31H,11-17,26-27H2,1-10H3. The highest BCUT2D eigenvalue weighted by Crippen LogP contribution is 2.48. The van der Waals surface area contributed by atoms with Gasteiger partial charge in [0.25, 0.3) is 0 Å². The van der Waals surface area contributed by atoms with Crippen molar-refractivity contribution < 1.29 is 19.1 Å². The molecular weight excluding hydrogens is 641 g/mol. The molecule has 0 radical (unpaired) electrons. The second-order valence-electron chi connectivity index (χ2n) is 15.9. The second-order valence-corrected chi connectivity index (χ2v) is 15.9. The van der Waals surface area contributed by atoms with E-state index in [2.05, 4.69) is 72.7 Å². The molecular formula is C48H60O4. The number of esters is 2. The first-order valence-electron chi connectivity index (χ1n) is 19.6. The summed E-state index contributed by atoms with van der Waals surface area (Å²) < 4.78 is 11.9. The second kappa shape index (κ2) is 15.8. The lowest BCUT2D eigenvalue weighted by Gasteiger charge is -2.41. The average molecular weight is 701 g/mol. The Labute approximate surface area is 313 Å². The molecule has 52 heavy (non-hydrogen) atoms. The number of hydrogen-bond donors (Lipinski definition) is 0. The van der Waals surface area contributed by atoms with Crippen molar-refractivity contribution in [2.24, 2.45) is 0 Å². The number of aryl methyl sites for hydroxylation is 4. The fourth-order valence-corrected chi connectivity index (χ4v) is 8.51. The molecule has 0 heterocycles. The van der Waals surface area contributed by atoms with E-state index in [1.165, 1.54) is 47.1 Å². The van der Waals surface area contributed by atoms with E-state index in [-0.39, 0.29) is 22.8 Å². The Morgan fingerprint density at radius 3 is 1.44 bits per heavy atom. The van der Waals surface area contributed by atoms with Crippen LogP contribution in [0.5, 0.6) is 5.75 Å². The largest absolute Gasteiger partial charge is 0.456 e. The van der Waals surface area contributed by atoms with E-state index < -0.39 is 5.60 Å². The minimum atomic E-state index is -0.465. The van der Waals surface area contributed by atoms with Crippen LogP contribution in [0.1, 0.15) is 159 Å². The molecule has 4 aromatic carbocycles. The summed E-state index contributed by atoms with van der Waals surface area (Å²) in [5, 5.41) is 0. The third kappa shape index (κ3) is 7.77. The zero-order valence-corrected chi connectivity index (χ0v) is 33.4. The van der Waals surface area contributed by atoms with Crippen LogP contribution in [0.3, 0.4) is 0 Å². The number of benzene rings is 4. The third-order valence-corrected chi connectivity index (χ3v) is 12.6. The molecule has 1 fully saturated rings. The van der Waals surface area contributed by atoms with Gasteiger partial charge in [-0.05, 0) is 153 Å². The minimum Gasteiger partial charge on any atom is -0.456 e. The maximum Gasteiger partial charge on any atom is 0.343 e. The molecule has 4 nitrogen and oxygen atoms in total. The Balaban J connectivity index is 1.36. The van der Waals surface area contributed by atoms with E-state index in [9.17, 15) is 9.59 Å². The van der Waals surface area contributed by atoms with Crippen LogP contribution in [0, 0.1) is 27.7 Å².